The van der Waals surface area contributed by atoms with E-state index in [2.05, 4.69) is 9.93 Å². The Labute approximate surface area is 123 Å². The van der Waals surface area contributed by atoms with Gasteiger partial charge >= 0.3 is 0 Å². The van der Waals surface area contributed by atoms with Gasteiger partial charge in [0.05, 0.1) is 17.7 Å². The van der Waals surface area contributed by atoms with Crippen molar-refractivity contribution >= 4 is 16.2 Å². The standard InChI is InChI=1S/C14H16N2O4S/c1-3-19-12-6-8-14(9-7-12)21(17,18)16-15-10-13-5-4-11(2)20-13/h4-10,16H,3H2,1-2H3/b15-10-. The predicted molar refractivity (Wildman–Crippen MR) is 79.0 cm³/mol. The molecule has 2 aromatic rings. The molecule has 6 nitrogen and oxygen atoms in total. The first-order valence-corrected chi connectivity index (χ1v) is 7.84. The molecule has 0 aliphatic carbocycles. The molecule has 0 saturated carbocycles. The molecule has 1 heterocycles. The maximum atomic E-state index is 12.0. The van der Waals surface area contributed by atoms with Gasteiger partial charge in [0.1, 0.15) is 17.3 Å². The summed E-state index contributed by atoms with van der Waals surface area (Å²) in [6, 6.07) is 9.57. The lowest BCUT2D eigenvalue weighted by Gasteiger charge is -2.05. The average Bonchev–Trinajstić information content (AvgIpc) is 2.85. The molecule has 0 unspecified atom stereocenters. The van der Waals surface area contributed by atoms with Crippen LogP contribution in [0, 0.1) is 6.92 Å². The molecule has 0 radical (unpaired) electrons. The minimum atomic E-state index is -3.70. The van der Waals surface area contributed by atoms with Gasteiger partial charge in [0.2, 0.25) is 0 Å². The smallest absolute Gasteiger partial charge is 0.276 e. The molecule has 0 saturated heterocycles. The molecule has 0 fully saturated rings. The monoisotopic (exact) mass is 308 g/mol. The van der Waals surface area contributed by atoms with Gasteiger partial charge in [-0.15, -0.1) is 0 Å². The van der Waals surface area contributed by atoms with Crippen LogP contribution in [0.5, 0.6) is 5.75 Å². The van der Waals surface area contributed by atoms with Crippen LogP contribution in [-0.4, -0.2) is 21.2 Å². The molecular weight excluding hydrogens is 292 g/mol. The highest BCUT2D eigenvalue weighted by Crippen LogP contribution is 2.15. The minimum Gasteiger partial charge on any atom is -0.494 e. The Hall–Kier alpha value is -2.28. The molecule has 0 aliphatic rings. The Balaban J connectivity index is 2.05. The molecule has 0 bridgehead atoms. The van der Waals surface area contributed by atoms with Crippen LogP contribution in [0.25, 0.3) is 0 Å². The zero-order valence-corrected chi connectivity index (χ0v) is 12.6. The van der Waals surface area contributed by atoms with Crippen molar-refractivity contribution in [2.75, 3.05) is 6.61 Å². The van der Waals surface area contributed by atoms with E-state index in [9.17, 15) is 8.42 Å². The Morgan fingerprint density at radius 3 is 2.52 bits per heavy atom. The highest BCUT2D eigenvalue weighted by Gasteiger charge is 2.12. The van der Waals surface area contributed by atoms with Crippen molar-refractivity contribution in [2.24, 2.45) is 5.10 Å². The fourth-order valence-electron chi connectivity index (χ4n) is 1.62. The first-order chi connectivity index (χ1) is 10.0. The van der Waals surface area contributed by atoms with E-state index in [0.29, 0.717) is 18.1 Å². The third kappa shape index (κ3) is 4.09. The number of hydrogen-bond donors (Lipinski definition) is 1. The van der Waals surface area contributed by atoms with Crippen molar-refractivity contribution in [2.45, 2.75) is 18.7 Å². The molecule has 7 heteroatoms. The molecule has 0 spiro atoms. The number of benzene rings is 1. The van der Waals surface area contributed by atoms with Gasteiger partial charge in [0.15, 0.2) is 0 Å². The number of nitrogens with zero attached hydrogens (tertiary/aromatic N) is 1. The van der Waals surface area contributed by atoms with Crippen LogP contribution in [0.1, 0.15) is 18.4 Å². The van der Waals surface area contributed by atoms with Gasteiger partial charge in [-0.3, -0.25) is 0 Å². The van der Waals surface area contributed by atoms with Crippen LogP contribution in [-0.2, 0) is 10.0 Å². The Morgan fingerprint density at radius 1 is 1.24 bits per heavy atom. The van der Waals surface area contributed by atoms with Gasteiger partial charge in [-0.1, -0.05) is 0 Å². The summed E-state index contributed by atoms with van der Waals surface area (Å²) in [5, 5.41) is 3.67. The summed E-state index contributed by atoms with van der Waals surface area (Å²) in [7, 11) is -3.70. The normalized spacial score (nSPS) is 11.7. The topological polar surface area (TPSA) is 80.9 Å². The van der Waals surface area contributed by atoms with Crippen molar-refractivity contribution in [1.29, 1.82) is 0 Å². The summed E-state index contributed by atoms with van der Waals surface area (Å²) in [6.07, 6.45) is 1.30. The van der Waals surface area contributed by atoms with Crippen LogP contribution in [0.4, 0.5) is 0 Å². The third-order valence-corrected chi connectivity index (χ3v) is 3.81. The molecule has 1 aromatic heterocycles. The molecular formula is C14H16N2O4S. The fraction of sp³-hybridized carbons (Fsp3) is 0.214. The third-order valence-electron chi connectivity index (χ3n) is 2.57. The number of furan rings is 1. The molecule has 0 atom stereocenters. The summed E-state index contributed by atoms with van der Waals surface area (Å²) >= 11 is 0. The zero-order chi connectivity index (χ0) is 15.3. The summed E-state index contributed by atoms with van der Waals surface area (Å²) < 4.78 is 34.5. The molecule has 2 rings (SSSR count). The van der Waals surface area contributed by atoms with E-state index < -0.39 is 10.0 Å². The molecule has 112 valence electrons. The first kappa shape index (κ1) is 15.1. The summed E-state index contributed by atoms with van der Waals surface area (Å²) in [6.45, 7) is 4.18. The fourth-order valence-corrected chi connectivity index (χ4v) is 2.41. The van der Waals surface area contributed by atoms with Crippen LogP contribution in [0.2, 0.25) is 0 Å². The highest BCUT2D eigenvalue weighted by molar-refractivity contribution is 7.89. The summed E-state index contributed by atoms with van der Waals surface area (Å²) in [4.78, 5) is 2.24. The lowest BCUT2D eigenvalue weighted by molar-refractivity contribution is 0.340. The quantitative estimate of drug-likeness (QED) is 0.656. The maximum Gasteiger partial charge on any atom is 0.276 e. The number of hydrazone groups is 1. The highest BCUT2D eigenvalue weighted by atomic mass is 32.2. The second-order valence-electron chi connectivity index (χ2n) is 4.21. The van der Waals surface area contributed by atoms with Crippen LogP contribution in [0.3, 0.4) is 0 Å². The van der Waals surface area contributed by atoms with Gasteiger partial charge in [0.25, 0.3) is 10.0 Å². The minimum absolute atomic E-state index is 0.110. The Morgan fingerprint density at radius 2 is 1.95 bits per heavy atom. The van der Waals surface area contributed by atoms with E-state index in [1.54, 1.807) is 31.2 Å². The van der Waals surface area contributed by atoms with Gasteiger partial charge < -0.3 is 9.15 Å². The number of aryl methyl sites for hydroxylation is 1. The largest absolute Gasteiger partial charge is 0.494 e. The van der Waals surface area contributed by atoms with E-state index >= 15 is 0 Å². The van der Waals surface area contributed by atoms with Crippen LogP contribution < -0.4 is 9.57 Å². The maximum absolute atomic E-state index is 12.0. The van der Waals surface area contributed by atoms with E-state index in [1.165, 1.54) is 18.3 Å². The summed E-state index contributed by atoms with van der Waals surface area (Å²) in [5.74, 6) is 1.82. The summed E-state index contributed by atoms with van der Waals surface area (Å²) in [5.41, 5.74) is 0. The number of hydrogen-bond acceptors (Lipinski definition) is 5. The second-order valence-corrected chi connectivity index (χ2v) is 5.87. The van der Waals surface area contributed by atoms with Crippen molar-refractivity contribution in [3.05, 3.63) is 47.9 Å². The van der Waals surface area contributed by atoms with Crippen molar-refractivity contribution < 1.29 is 17.6 Å². The number of ether oxygens (including phenoxy) is 1. The lowest BCUT2D eigenvalue weighted by Crippen LogP contribution is -2.18. The molecule has 0 aliphatic heterocycles. The Bertz CT molecular complexity index is 718. The average molecular weight is 308 g/mol. The number of sulfonamides is 1. The van der Waals surface area contributed by atoms with Crippen molar-refractivity contribution in [3.63, 3.8) is 0 Å². The number of nitrogens with one attached hydrogen (secondary N) is 1. The molecule has 1 N–H and O–H groups in total. The van der Waals surface area contributed by atoms with Crippen molar-refractivity contribution in [1.82, 2.24) is 4.83 Å². The van der Waals surface area contributed by atoms with Crippen LogP contribution >= 0.6 is 0 Å². The van der Waals surface area contributed by atoms with Gasteiger partial charge in [-0.05, 0) is 50.2 Å². The van der Waals surface area contributed by atoms with Gasteiger partial charge in [-0.2, -0.15) is 18.4 Å². The molecule has 1 aromatic carbocycles. The van der Waals surface area contributed by atoms with E-state index in [0.717, 1.165) is 5.76 Å². The number of rotatable bonds is 6. The lowest BCUT2D eigenvalue weighted by atomic mass is 10.3. The zero-order valence-electron chi connectivity index (χ0n) is 11.7. The molecule has 21 heavy (non-hydrogen) atoms. The van der Waals surface area contributed by atoms with E-state index in [1.807, 2.05) is 6.92 Å². The first-order valence-electron chi connectivity index (χ1n) is 6.35. The van der Waals surface area contributed by atoms with Crippen molar-refractivity contribution in [3.8, 4) is 5.75 Å². The van der Waals surface area contributed by atoms with Crippen LogP contribution in [0.15, 0.2) is 50.8 Å². The van der Waals surface area contributed by atoms with E-state index in [-0.39, 0.29) is 4.90 Å². The molecule has 0 amide bonds. The van der Waals surface area contributed by atoms with E-state index in [4.69, 9.17) is 9.15 Å². The predicted octanol–water partition coefficient (Wildman–Crippen LogP) is 2.30. The van der Waals surface area contributed by atoms with Gasteiger partial charge in [-0.25, -0.2) is 0 Å². The van der Waals surface area contributed by atoms with Gasteiger partial charge in [0, 0.05) is 0 Å². The second kappa shape index (κ2) is 6.45. The Kier molecular flexibility index (Phi) is 4.64. The SMILES string of the molecule is CCOc1ccc(S(=O)(=O)N/N=C\c2ccc(C)o2)cc1.